The number of carbonyl (C=O) groups excluding carboxylic acids is 3. The molecule has 0 aromatic heterocycles. The van der Waals surface area contributed by atoms with Gasteiger partial charge in [0.1, 0.15) is 24.4 Å². The second-order valence-corrected chi connectivity index (χ2v) is 8.78. The van der Waals surface area contributed by atoms with E-state index in [4.69, 9.17) is 4.74 Å². The fourth-order valence-electron chi connectivity index (χ4n) is 4.33. The summed E-state index contributed by atoms with van der Waals surface area (Å²) in [7, 11) is 0. The minimum atomic E-state index is -0.822. The molecule has 7 heteroatoms. The maximum atomic E-state index is 12.9. The van der Waals surface area contributed by atoms with Crippen molar-refractivity contribution in [3.8, 4) is 5.75 Å². The number of carbonyl (C=O) groups is 3. The van der Waals surface area contributed by atoms with Gasteiger partial charge in [0.2, 0.25) is 5.91 Å². The van der Waals surface area contributed by atoms with Crippen LogP contribution in [-0.2, 0) is 22.7 Å². The summed E-state index contributed by atoms with van der Waals surface area (Å²) >= 11 is 0. The van der Waals surface area contributed by atoms with Gasteiger partial charge in [-0.05, 0) is 54.9 Å². The summed E-state index contributed by atoms with van der Waals surface area (Å²) in [6, 6.07) is 16.9. The van der Waals surface area contributed by atoms with Gasteiger partial charge in [0.05, 0.1) is 0 Å². The highest BCUT2D eigenvalue weighted by Crippen LogP contribution is 2.36. The molecule has 1 spiro atoms. The maximum Gasteiger partial charge on any atom is 0.325 e. The van der Waals surface area contributed by atoms with Crippen molar-refractivity contribution in [1.82, 2.24) is 15.5 Å². The molecule has 0 bridgehead atoms. The number of hydrogen-bond donors (Lipinski definition) is 2. The van der Waals surface area contributed by atoms with Gasteiger partial charge in [0.15, 0.2) is 0 Å². The first-order chi connectivity index (χ1) is 15.4. The topological polar surface area (TPSA) is 87.7 Å². The normalized spacial score (nSPS) is 22.7. The molecule has 1 saturated carbocycles. The highest BCUT2D eigenvalue weighted by Gasteiger charge is 2.52. The lowest BCUT2D eigenvalue weighted by Crippen LogP contribution is -2.49. The van der Waals surface area contributed by atoms with Crippen molar-refractivity contribution in [2.45, 2.75) is 51.3 Å². The molecule has 1 aliphatic carbocycles. The molecule has 4 amide bonds. The highest BCUT2D eigenvalue weighted by atomic mass is 16.5. The largest absolute Gasteiger partial charge is 0.489 e. The van der Waals surface area contributed by atoms with Crippen LogP contribution in [-0.4, -0.2) is 34.8 Å². The standard InChI is InChI=1S/C25H29N3O4/c1-18-10-12-25(13-11-18)23(30)28(24(31)27-25)16-22(29)26-15-19-6-5-7-20(14-19)17-32-21-8-3-2-4-9-21/h2-9,14,18H,10-13,15-17H2,1H3,(H,26,29)(H,27,31). The van der Waals surface area contributed by atoms with Gasteiger partial charge in [-0.1, -0.05) is 49.4 Å². The van der Waals surface area contributed by atoms with Crippen LogP contribution in [0.5, 0.6) is 5.75 Å². The molecule has 2 aliphatic rings. The Morgan fingerprint density at radius 2 is 1.81 bits per heavy atom. The molecule has 2 aromatic carbocycles. The van der Waals surface area contributed by atoms with Gasteiger partial charge in [-0.25, -0.2) is 4.79 Å². The number of ether oxygens (including phenoxy) is 1. The Morgan fingerprint density at radius 1 is 1.09 bits per heavy atom. The smallest absolute Gasteiger partial charge is 0.325 e. The van der Waals surface area contributed by atoms with Crippen LogP contribution in [0, 0.1) is 5.92 Å². The number of imide groups is 1. The minimum absolute atomic E-state index is 0.265. The third-order valence-corrected chi connectivity index (χ3v) is 6.31. The van der Waals surface area contributed by atoms with Crippen molar-refractivity contribution >= 4 is 17.8 Å². The summed E-state index contributed by atoms with van der Waals surface area (Å²) < 4.78 is 5.77. The van der Waals surface area contributed by atoms with Gasteiger partial charge in [-0.3, -0.25) is 14.5 Å². The van der Waals surface area contributed by atoms with E-state index < -0.39 is 11.6 Å². The minimum Gasteiger partial charge on any atom is -0.489 e. The molecule has 2 N–H and O–H groups in total. The molecule has 168 valence electrons. The third kappa shape index (κ3) is 4.93. The molecule has 0 unspecified atom stereocenters. The summed E-state index contributed by atoms with van der Waals surface area (Å²) in [5, 5.41) is 5.66. The van der Waals surface area contributed by atoms with Gasteiger partial charge >= 0.3 is 6.03 Å². The van der Waals surface area contributed by atoms with E-state index in [1.165, 1.54) is 0 Å². The fourth-order valence-corrected chi connectivity index (χ4v) is 4.33. The van der Waals surface area contributed by atoms with E-state index in [-0.39, 0.29) is 18.4 Å². The van der Waals surface area contributed by atoms with Gasteiger partial charge < -0.3 is 15.4 Å². The number of rotatable bonds is 7. The summed E-state index contributed by atoms with van der Waals surface area (Å²) in [4.78, 5) is 38.8. The van der Waals surface area contributed by atoms with E-state index in [0.717, 1.165) is 34.6 Å². The first-order valence-corrected chi connectivity index (χ1v) is 11.1. The molecule has 0 radical (unpaired) electrons. The van der Waals surface area contributed by atoms with Crippen LogP contribution in [0.1, 0.15) is 43.7 Å². The van der Waals surface area contributed by atoms with E-state index >= 15 is 0 Å². The van der Waals surface area contributed by atoms with Crippen LogP contribution in [0.15, 0.2) is 54.6 Å². The molecule has 2 fully saturated rings. The first kappa shape index (κ1) is 21.9. The average Bonchev–Trinajstić information content (AvgIpc) is 3.03. The Balaban J connectivity index is 1.28. The zero-order valence-corrected chi connectivity index (χ0v) is 18.3. The lowest BCUT2D eigenvalue weighted by Gasteiger charge is -2.33. The lowest BCUT2D eigenvalue weighted by molar-refractivity contribution is -0.136. The zero-order chi connectivity index (χ0) is 22.6. The number of amides is 4. The first-order valence-electron chi connectivity index (χ1n) is 11.1. The van der Waals surface area contributed by atoms with Gasteiger partial charge in [-0.2, -0.15) is 0 Å². The Bertz CT molecular complexity index is 984. The van der Waals surface area contributed by atoms with Crippen LogP contribution >= 0.6 is 0 Å². The second kappa shape index (κ2) is 9.42. The van der Waals surface area contributed by atoms with E-state index in [2.05, 4.69) is 17.6 Å². The average molecular weight is 436 g/mol. The quantitative estimate of drug-likeness (QED) is 0.653. The van der Waals surface area contributed by atoms with Crippen molar-refractivity contribution in [2.75, 3.05) is 6.54 Å². The fraction of sp³-hybridized carbons (Fsp3) is 0.400. The lowest BCUT2D eigenvalue weighted by atomic mass is 9.77. The number of hydrogen-bond acceptors (Lipinski definition) is 4. The summed E-state index contributed by atoms with van der Waals surface area (Å²) in [5.41, 5.74) is 1.09. The van der Waals surface area contributed by atoms with Crippen molar-refractivity contribution < 1.29 is 19.1 Å². The van der Waals surface area contributed by atoms with E-state index in [0.29, 0.717) is 31.9 Å². The summed E-state index contributed by atoms with van der Waals surface area (Å²) in [6.45, 7) is 2.63. The molecule has 7 nitrogen and oxygen atoms in total. The number of benzene rings is 2. The van der Waals surface area contributed by atoms with Crippen LogP contribution in [0.4, 0.5) is 4.79 Å². The number of nitrogens with zero attached hydrogens (tertiary/aromatic N) is 1. The van der Waals surface area contributed by atoms with Crippen LogP contribution in [0.3, 0.4) is 0 Å². The summed E-state index contributed by atoms with van der Waals surface area (Å²) in [5.74, 6) is 0.715. The van der Waals surface area contributed by atoms with E-state index in [1.807, 2.05) is 54.6 Å². The molecule has 1 heterocycles. The van der Waals surface area contributed by atoms with Gasteiger partial charge in [0, 0.05) is 6.54 Å². The van der Waals surface area contributed by atoms with E-state index in [1.54, 1.807) is 0 Å². The Morgan fingerprint density at radius 3 is 2.56 bits per heavy atom. The highest BCUT2D eigenvalue weighted by molar-refractivity contribution is 6.09. The number of para-hydroxylation sites is 1. The third-order valence-electron chi connectivity index (χ3n) is 6.31. The number of nitrogens with one attached hydrogen (secondary N) is 2. The molecule has 2 aromatic rings. The predicted molar refractivity (Wildman–Crippen MR) is 120 cm³/mol. The maximum absolute atomic E-state index is 12.9. The SMILES string of the molecule is CC1CCC2(CC1)NC(=O)N(CC(=O)NCc1cccc(COc3ccccc3)c1)C2=O. The second-order valence-electron chi connectivity index (χ2n) is 8.78. The van der Waals surface area contributed by atoms with Crippen molar-refractivity contribution in [1.29, 1.82) is 0 Å². The predicted octanol–water partition coefficient (Wildman–Crippen LogP) is 3.38. The molecule has 1 saturated heterocycles. The number of urea groups is 1. The molecular formula is C25H29N3O4. The zero-order valence-electron chi connectivity index (χ0n) is 18.3. The molecule has 32 heavy (non-hydrogen) atoms. The van der Waals surface area contributed by atoms with Crippen molar-refractivity contribution in [3.63, 3.8) is 0 Å². The van der Waals surface area contributed by atoms with Crippen molar-refractivity contribution in [3.05, 3.63) is 65.7 Å². The Labute approximate surface area is 188 Å². The molecule has 4 rings (SSSR count). The molecular weight excluding hydrogens is 406 g/mol. The summed E-state index contributed by atoms with van der Waals surface area (Å²) in [6.07, 6.45) is 3.07. The van der Waals surface area contributed by atoms with Gasteiger partial charge in [-0.15, -0.1) is 0 Å². The molecule has 0 atom stereocenters. The van der Waals surface area contributed by atoms with Crippen molar-refractivity contribution in [2.24, 2.45) is 5.92 Å². The van der Waals surface area contributed by atoms with Crippen LogP contribution in [0.25, 0.3) is 0 Å². The Hall–Kier alpha value is -3.35. The van der Waals surface area contributed by atoms with Crippen LogP contribution in [0.2, 0.25) is 0 Å². The van der Waals surface area contributed by atoms with E-state index in [9.17, 15) is 14.4 Å². The Kier molecular flexibility index (Phi) is 6.44. The molecule has 1 aliphatic heterocycles. The van der Waals surface area contributed by atoms with Crippen LogP contribution < -0.4 is 15.4 Å². The monoisotopic (exact) mass is 435 g/mol. The van der Waals surface area contributed by atoms with Gasteiger partial charge in [0.25, 0.3) is 5.91 Å².